The molecule has 0 heterocycles. The molecule has 0 saturated heterocycles. The van der Waals surface area contributed by atoms with Gasteiger partial charge in [-0.1, -0.05) is 18.2 Å². The molecule has 0 amide bonds. The van der Waals surface area contributed by atoms with Crippen molar-refractivity contribution < 1.29 is 13.5 Å². The summed E-state index contributed by atoms with van der Waals surface area (Å²) in [6, 6.07) is 9.52. The maximum absolute atomic E-state index is 13.8. The van der Waals surface area contributed by atoms with Gasteiger partial charge in [0.2, 0.25) is 0 Å². The first-order valence-electron chi connectivity index (χ1n) is 5.71. The summed E-state index contributed by atoms with van der Waals surface area (Å²) in [6.07, 6.45) is 0. The molecular formula is C14H14F2N2O. The molecule has 1 unspecified atom stereocenters. The van der Waals surface area contributed by atoms with Crippen molar-refractivity contribution >= 4 is 0 Å². The van der Waals surface area contributed by atoms with Crippen molar-refractivity contribution in [2.45, 2.75) is 6.04 Å². The van der Waals surface area contributed by atoms with Crippen molar-refractivity contribution in [3.63, 3.8) is 0 Å². The third-order valence-electron chi connectivity index (χ3n) is 2.89. The Kier molecular flexibility index (Phi) is 4.09. The fourth-order valence-corrected chi connectivity index (χ4v) is 1.99. The molecule has 5 heteroatoms. The zero-order chi connectivity index (χ0) is 13.8. The lowest BCUT2D eigenvalue weighted by atomic mass is 9.98. The molecule has 0 aliphatic rings. The van der Waals surface area contributed by atoms with Crippen LogP contribution in [-0.4, -0.2) is 7.11 Å². The third-order valence-corrected chi connectivity index (χ3v) is 2.89. The van der Waals surface area contributed by atoms with E-state index in [2.05, 4.69) is 5.43 Å². The molecule has 2 aromatic carbocycles. The number of hydrazine groups is 1. The summed E-state index contributed by atoms with van der Waals surface area (Å²) in [5.74, 6) is 5.07. The van der Waals surface area contributed by atoms with E-state index in [1.54, 1.807) is 18.2 Å². The molecule has 1 atom stereocenters. The molecule has 100 valence electrons. The van der Waals surface area contributed by atoms with E-state index >= 15 is 0 Å². The highest BCUT2D eigenvalue weighted by Crippen LogP contribution is 2.31. The van der Waals surface area contributed by atoms with Gasteiger partial charge in [0.05, 0.1) is 13.2 Å². The molecule has 0 fully saturated rings. The number of rotatable bonds is 4. The van der Waals surface area contributed by atoms with Crippen LogP contribution in [0.1, 0.15) is 17.2 Å². The zero-order valence-corrected chi connectivity index (χ0v) is 10.4. The highest BCUT2D eigenvalue weighted by Gasteiger charge is 2.20. The zero-order valence-electron chi connectivity index (χ0n) is 10.4. The number of hydrogen-bond donors (Lipinski definition) is 2. The number of halogens is 2. The minimum Gasteiger partial charge on any atom is -0.496 e. The molecule has 0 bridgehead atoms. The van der Waals surface area contributed by atoms with E-state index in [4.69, 9.17) is 10.6 Å². The van der Waals surface area contributed by atoms with Gasteiger partial charge in [-0.3, -0.25) is 5.84 Å². The molecule has 0 aliphatic heterocycles. The van der Waals surface area contributed by atoms with E-state index in [9.17, 15) is 8.78 Å². The SMILES string of the molecule is COc1ccc(F)cc1C(NN)c1ccccc1F. The molecule has 2 rings (SSSR count). The Morgan fingerprint density at radius 1 is 1.11 bits per heavy atom. The van der Waals surface area contributed by atoms with E-state index in [1.165, 1.54) is 31.4 Å². The maximum Gasteiger partial charge on any atom is 0.128 e. The van der Waals surface area contributed by atoms with E-state index in [0.717, 1.165) is 0 Å². The molecule has 0 saturated carbocycles. The van der Waals surface area contributed by atoms with Crippen LogP contribution in [0.2, 0.25) is 0 Å². The van der Waals surface area contributed by atoms with Crippen LogP contribution < -0.4 is 16.0 Å². The number of ether oxygens (including phenoxy) is 1. The number of hydrogen-bond acceptors (Lipinski definition) is 3. The van der Waals surface area contributed by atoms with Crippen molar-refractivity contribution in [3.8, 4) is 5.75 Å². The van der Waals surface area contributed by atoms with Crippen LogP contribution in [-0.2, 0) is 0 Å². The lowest BCUT2D eigenvalue weighted by Crippen LogP contribution is -2.30. The van der Waals surface area contributed by atoms with E-state index in [0.29, 0.717) is 16.9 Å². The minimum atomic E-state index is -0.688. The maximum atomic E-state index is 13.8. The Morgan fingerprint density at radius 3 is 2.47 bits per heavy atom. The molecular weight excluding hydrogens is 250 g/mol. The summed E-state index contributed by atoms with van der Waals surface area (Å²) in [6.45, 7) is 0. The van der Waals surface area contributed by atoms with Crippen LogP contribution in [0.25, 0.3) is 0 Å². The van der Waals surface area contributed by atoms with Gasteiger partial charge in [-0.05, 0) is 24.3 Å². The van der Waals surface area contributed by atoms with Gasteiger partial charge in [0.25, 0.3) is 0 Å². The van der Waals surface area contributed by atoms with Crippen molar-refractivity contribution in [3.05, 3.63) is 65.2 Å². The lowest BCUT2D eigenvalue weighted by Gasteiger charge is -2.20. The predicted octanol–water partition coefficient (Wildman–Crippen LogP) is 2.53. The fourth-order valence-electron chi connectivity index (χ4n) is 1.99. The summed E-state index contributed by atoms with van der Waals surface area (Å²) in [7, 11) is 1.46. The van der Waals surface area contributed by atoms with Crippen LogP contribution in [0.4, 0.5) is 8.78 Å². The Bertz CT molecular complexity index is 575. The highest BCUT2D eigenvalue weighted by molar-refractivity contribution is 5.42. The van der Waals surface area contributed by atoms with Crippen LogP contribution >= 0.6 is 0 Å². The van der Waals surface area contributed by atoms with Gasteiger partial charge in [0.1, 0.15) is 17.4 Å². The Balaban J connectivity index is 2.54. The van der Waals surface area contributed by atoms with Crippen LogP contribution in [0.5, 0.6) is 5.75 Å². The van der Waals surface area contributed by atoms with Gasteiger partial charge in [0, 0.05) is 11.1 Å². The van der Waals surface area contributed by atoms with Crippen molar-refractivity contribution in [1.82, 2.24) is 5.43 Å². The molecule has 0 radical (unpaired) electrons. The molecule has 0 aromatic heterocycles. The van der Waals surface area contributed by atoms with Gasteiger partial charge < -0.3 is 4.74 Å². The Hall–Kier alpha value is -1.98. The first-order chi connectivity index (χ1) is 9.17. The summed E-state index contributed by atoms with van der Waals surface area (Å²) in [5, 5.41) is 0. The van der Waals surface area contributed by atoms with Crippen LogP contribution in [0.15, 0.2) is 42.5 Å². The molecule has 0 aliphatic carbocycles. The number of nitrogens with two attached hydrogens (primary N) is 1. The van der Waals surface area contributed by atoms with Crippen molar-refractivity contribution in [2.24, 2.45) is 5.84 Å². The quantitative estimate of drug-likeness (QED) is 0.659. The second kappa shape index (κ2) is 5.77. The fraction of sp³-hybridized carbons (Fsp3) is 0.143. The summed E-state index contributed by atoms with van der Waals surface area (Å²) < 4.78 is 32.4. The average molecular weight is 264 g/mol. The Morgan fingerprint density at radius 2 is 1.84 bits per heavy atom. The van der Waals surface area contributed by atoms with Gasteiger partial charge in [0.15, 0.2) is 0 Å². The molecule has 3 N–H and O–H groups in total. The van der Waals surface area contributed by atoms with Crippen LogP contribution in [0, 0.1) is 11.6 Å². The molecule has 19 heavy (non-hydrogen) atoms. The standard InChI is InChI=1S/C14H14F2N2O/c1-19-13-7-6-9(15)8-11(13)14(18-17)10-4-2-3-5-12(10)16/h2-8,14,18H,17H2,1H3. The first-order valence-corrected chi connectivity index (χ1v) is 5.71. The van der Waals surface area contributed by atoms with E-state index in [1.807, 2.05) is 0 Å². The van der Waals surface area contributed by atoms with Crippen LogP contribution in [0.3, 0.4) is 0 Å². The van der Waals surface area contributed by atoms with E-state index in [-0.39, 0.29) is 0 Å². The minimum absolute atomic E-state index is 0.328. The predicted molar refractivity (Wildman–Crippen MR) is 68.5 cm³/mol. The first kappa shape index (κ1) is 13.5. The normalized spacial score (nSPS) is 12.2. The molecule has 2 aromatic rings. The lowest BCUT2D eigenvalue weighted by molar-refractivity contribution is 0.401. The smallest absolute Gasteiger partial charge is 0.128 e. The Labute approximate surface area is 110 Å². The number of benzene rings is 2. The summed E-state index contributed by atoms with van der Waals surface area (Å²) >= 11 is 0. The largest absolute Gasteiger partial charge is 0.496 e. The highest BCUT2D eigenvalue weighted by atomic mass is 19.1. The second-order valence-electron chi connectivity index (χ2n) is 4.01. The van der Waals surface area contributed by atoms with Gasteiger partial charge in [-0.15, -0.1) is 0 Å². The van der Waals surface area contributed by atoms with E-state index < -0.39 is 17.7 Å². The number of nitrogens with one attached hydrogen (secondary N) is 1. The summed E-state index contributed by atoms with van der Waals surface area (Å²) in [4.78, 5) is 0. The van der Waals surface area contributed by atoms with Gasteiger partial charge in [-0.2, -0.15) is 0 Å². The summed E-state index contributed by atoms with van der Waals surface area (Å²) in [5.41, 5.74) is 3.26. The van der Waals surface area contributed by atoms with Crippen molar-refractivity contribution in [1.29, 1.82) is 0 Å². The van der Waals surface area contributed by atoms with Gasteiger partial charge in [-0.25, -0.2) is 14.2 Å². The third kappa shape index (κ3) is 2.72. The molecule has 0 spiro atoms. The monoisotopic (exact) mass is 264 g/mol. The van der Waals surface area contributed by atoms with Crippen molar-refractivity contribution in [2.75, 3.05) is 7.11 Å². The number of methoxy groups -OCH3 is 1. The second-order valence-corrected chi connectivity index (χ2v) is 4.01. The molecule has 3 nitrogen and oxygen atoms in total. The topological polar surface area (TPSA) is 47.3 Å². The van der Waals surface area contributed by atoms with Gasteiger partial charge >= 0.3 is 0 Å². The average Bonchev–Trinajstić information content (AvgIpc) is 2.42.